The third kappa shape index (κ3) is 10.1. The fourth-order valence-corrected chi connectivity index (χ4v) is 4.92. The Balaban J connectivity index is 1.83. The van der Waals surface area contributed by atoms with Gasteiger partial charge >= 0.3 is 6.01 Å². The molecule has 0 saturated carbocycles. The summed E-state index contributed by atoms with van der Waals surface area (Å²) in [6.45, 7) is 17.9. The van der Waals surface area contributed by atoms with Crippen molar-refractivity contribution in [3.63, 3.8) is 0 Å². The minimum Gasteiger partial charge on any atom is -0.463 e. The summed E-state index contributed by atoms with van der Waals surface area (Å²) in [4.78, 5) is 14.2. The van der Waals surface area contributed by atoms with E-state index in [1.165, 1.54) is 30.6 Å². The first-order valence-electron chi connectivity index (χ1n) is 15.6. The molecule has 1 heterocycles. The van der Waals surface area contributed by atoms with E-state index in [4.69, 9.17) is 14.7 Å². The topological polar surface area (TPSA) is 41.5 Å². The highest BCUT2D eigenvalue weighted by atomic mass is 16.5. The van der Waals surface area contributed by atoms with E-state index in [2.05, 4.69) is 112 Å². The fourth-order valence-electron chi connectivity index (χ4n) is 4.92. The van der Waals surface area contributed by atoms with Crippen molar-refractivity contribution in [3.05, 3.63) is 77.1 Å². The predicted molar refractivity (Wildman–Crippen MR) is 179 cm³/mol. The van der Waals surface area contributed by atoms with Crippen molar-refractivity contribution in [2.45, 2.75) is 67.2 Å². The van der Waals surface area contributed by atoms with Gasteiger partial charge in [-0.2, -0.15) is 9.97 Å². The Bertz CT molecular complexity index is 1130. The number of rotatable bonds is 17. The normalized spacial score (nSPS) is 12.2. The molecule has 0 fully saturated rings. The van der Waals surface area contributed by atoms with Crippen molar-refractivity contribution in [3.8, 4) is 6.01 Å². The smallest absolute Gasteiger partial charge is 0.317 e. The summed E-state index contributed by atoms with van der Waals surface area (Å²) >= 11 is 0. The van der Waals surface area contributed by atoms with Crippen LogP contribution in [0.25, 0.3) is 24.3 Å². The van der Waals surface area contributed by atoms with Gasteiger partial charge in [0.05, 0.1) is 18.0 Å². The standard InChI is InChI=1S/C36H50N4O/c1-7-13-14-29(8-2)28-41-36-37-32(21-15-30-17-23-34(24-18-30)39(9-3)10-4)27-33(38-36)22-16-31-19-25-35(26-20-31)40(11-5)12-6/h15-27,29H,7-14,28H2,1-6H3/b21-15+,22-16+. The number of nitrogens with zero attached hydrogens (tertiary/aromatic N) is 4. The summed E-state index contributed by atoms with van der Waals surface area (Å²) in [5.74, 6) is 0.519. The summed E-state index contributed by atoms with van der Waals surface area (Å²) in [5.41, 5.74) is 6.44. The predicted octanol–water partition coefficient (Wildman–Crippen LogP) is 9.11. The van der Waals surface area contributed by atoms with E-state index in [0.29, 0.717) is 18.5 Å². The molecular weight excluding hydrogens is 504 g/mol. The van der Waals surface area contributed by atoms with Gasteiger partial charge in [-0.1, -0.05) is 69.5 Å². The van der Waals surface area contributed by atoms with E-state index in [-0.39, 0.29) is 0 Å². The number of aromatic nitrogens is 2. The zero-order valence-electron chi connectivity index (χ0n) is 26.1. The molecule has 3 aromatic rings. The van der Waals surface area contributed by atoms with Gasteiger partial charge in [0.1, 0.15) is 0 Å². The van der Waals surface area contributed by atoms with E-state index in [9.17, 15) is 0 Å². The highest BCUT2D eigenvalue weighted by Gasteiger charge is 2.10. The minimum atomic E-state index is 0.440. The minimum absolute atomic E-state index is 0.440. The van der Waals surface area contributed by atoms with Gasteiger partial charge in [-0.3, -0.25) is 0 Å². The molecule has 0 N–H and O–H groups in total. The average Bonchev–Trinajstić information content (AvgIpc) is 3.01. The Morgan fingerprint density at radius 1 is 0.659 bits per heavy atom. The molecule has 0 bridgehead atoms. The fraction of sp³-hybridized carbons (Fsp3) is 0.444. The Morgan fingerprint density at radius 3 is 1.51 bits per heavy atom. The third-order valence-corrected chi connectivity index (χ3v) is 7.67. The lowest BCUT2D eigenvalue weighted by atomic mass is 10.0. The van der Waals surface area contributed by atoms with Crippen molar-refractivity contribution in [1.82, 2.24) is 9.97 Å². The molecule has 0 radical (unpaired) electrons. The second-order valence-corrected chi connectivity index (χ2v) is 10.4. The average molecular weight is 555 g/mol. The molecular formula is C36H50N4O. The van der Waals surface area contributed by atoms with Crippen molar-refractivity contribution >= 4 is 35.7 Å². The van der Waals surface area contributed by atoms with Crippen molar-refractivity contribution in [2.75, 3.05) is 42.6 Å². The highest BCUT2D eigenvalue weighted by molar-refractivity contribution is 5.73. The molecule has 41 heavy (non-hydrogen) atoms. The van der Waals surface area contributed by atoms with Crippen LogP contribution >= 0.6 is 0 Å². The van der Waals surface area contributed by atoms with Gasteiger partial charge in [-0.15, -0.1) is 0 Å². The molecule has 1 aromatic heterocycles. The molecule has 0 spiro atoms. The second-order valence-electron chi connectivity index (χ2n) is 10.4. The molecule has 1 atom stereocenters. The van der Waals surface area contributed by atoms with Crippen LogP contribution in [0.15, 0.2) is 54.6 Å². The van der Waals surface area contributed by atoms with E-state index in [0.717, 1.165) is 55.1 Å². The van der Waals surface area contributed by atoms with E-state index in [1.807, 2.05) is 18.2 Å². The number of ether oxygens (including phenoxy) is 1. The molecule has 220 valence electrons. The van der Waals surface area contributed by atoms with Crippen LogP contribution in [0, 0.1) is 5.92 Å². The first-order chi connectivity index (χ1) is 20.0. The Morgan fingerprint density at radius 2 is 1.12 bits per heavy atom. The van der Waals surface area contributed by atoms with Crippen LogP contribution in [-0.2, 0) is 0 Å². The zero-order chi connectivity index (χ0) is 29.5. The van der Waals surface area contributed by atoms with Gasteiger partial charge in [-0.05, 0) is 93.6 Å². The lowest BCUT2D eigenvalue weighted by molar-refractivity contribution is 0.217. The molecule has 5 heteroatoms. The maximum atomic E-state index is 6.17. The van der Waals surface area contributed by atoms with Crippen molar-refractivity contribution < 1.29 is 4.74 Å². The Hall–Kier alpha value is -3.60. The van der Waals surface area contributed by atoms with Gasteiger partial charge in [0, 0.05) is 37.6 Å². The number of benzene rings is 2. The quantitative estimate of drug-likeness (QED) is 0.166. The van der Waals surface area contributed by atoms with E-state index in [1.54, 1.807) is 0 Å². The van der Waals surface area contributed by atoms with Gasteiger partial charge in [0.2, 0.25) is 0 Å². The van der Waals surface area contributed by atoms with Gasteiger partial charge in [-0.25, -0.2) is 0 Å². The summed E-state index contributed by atoms with van der Waals surface area (Å²) in [7, 11) is 0. The van der Waals surface area contributed by atoms with Crippen LogP contribution in [0.3, 0.4) is 0 Å². The summed E-state index contributed by atoms with van der Waals surface area (Å²) in [6.07, 6.45) is 13.0. The third-order valence-electron chi connectivity index (χ3n) is 7.67. The van der Waals surface area contributed by atoms with E-state index < -0.39 is 0 Å². The van der Waals surface area contributed by atoms with Crippen LogP contribution in [0.5, 0.6) is 6.01 Å². The second kappa shape index (κ2) is 17.3. The lowest BCUT2D eigenvalue weighted by Crippen LogP contribution is -2.21. The molecule has 1 unspecified atom stereocenters. The summed E-state index contributed by atoms with van der Waals surface area (Å²) in [5, 5.41) is 0. The van der Waals surface area contributed by atoms with Gasteiger partial charge in [0.15, 0.2) is 0 Å². The molecule has 0 amide bonds. The number of hydrogen-bond donors (Lipinski definition) is 0. The maximum Gasteiger partial charge on any atom is 0.317 e. The Kier molecular flexibility index (Phi) is 13.4. The molecule has 2 aromatic carbocycles. The van der Waals surface area contributed by atoms with Crippen LogP contribution < -0.4 is 14.5 Å². The summed E-state index contributed by atoms with van der Waals surface area (Å²) in [6, 6.07) is 19.8. The van der Waals surface area contributed by atoms with Crippen LogP contribution in [0.1, 0.15) is 89.7 Å². The molecule has 0 aliphatic heterocycles. The molecule has 5 nitrogen and oxygen atoms in total. The highest BCUT2D eigenvalue weighted by Crippen LogP contribution is 2.20. The first kappa shape index (κ1) is 31.9. The molecule has 3 rings (SSSR count). The van der Waals surface area contributed by atoms with Crippen LogP contribution in [-0.4, -0.2) is 42.8 Å². The van der Waals surface area contributed by atoms with Crippen LogP contribution in [0.4, 0.5) is 11.4 Å². The first-order valence-corrected chi connectivity index (χ1v) is 15.6. The zero-order valence-corrected chi connectivity index (χ0v) is 26.1. The SMILES string of the molecule is CCCCC(CC)COc1nc(/C=C/c2ccc(N(CC)CC)cc2)cc(/C=C/c2ccc(N(CC)CC)cc2)n1. The summed E-state index contributed by atoms with van der Waals surface area (Å²) < 4.78 is 6.17. The molecule has 0 aliphatic carbocycles. The van der Waals surface area contributed by atoms with Crippen LogP contribution in [0.2, 0.25) is 0 Å². The van der Waals surface area contributed by atoms with Crippen molar-refractivity contribution in [1.29, 1.82) is 0 Å². The Labute approximate surface area is 249 Å². The van der Waals surface area contributed by atoms with E-state index >= 15 is 0 Å². The largest absolute Gasteiger partial charge is 0.463 e. The number of hydrogen-bond acceptors (Lipinski definition) is 5. The molecule has 0 saturated heterocycles. The lowest BCUT2D eigenvalue weighted by Gasteiger charge is -2.20. The number of unbranched alkanes of at least 4 members (excludes halogenated alkanes) is 1. The van der Waals surface area contributed by atoms with Gasteiger partial charge in [0.25, 0.3) is 0 Å². The maximum absolute atomic E-state index is 6.17. The monoisotopic (exact) mass is 554 g/mol. The number of anilines is 2. The molecule has 0 aliphatic rings. The van der Waals surface area contributed by atoms with Gasteiger partial charge < -0.3 is 14.5 Å². The van der Waals surface area contributed by atoms with Crippen molar-refractivity contribution in [2.24, 2.45) is 5.92 Å².